The van der Waals surface area contributed by atoms with Gasteiger partial charge in [-0.15, -0.1) is 0 Å². The number of aromatic nitrogens is 4. The number of benzene rings is 2. The summed E-state index contributed by atoms with van der Waals surface area (Å²) in [6.45, 7) is 1.59. The van der Waals surface area contributed by atoms with Gasteiger partial charge in [-0.3, -0.25) is 9.89 Å². The number of para-hydroxylation sites is 1. The number of carbonyl (C=O) groups is 1. The number of carbonyl (C=O) groups excluding carboxylic acids is 1. The van der Waals surface area contributed by atoms with Crippen molar-refractivity contribution in [3.8, 4) is 11.3 Å². The Hall–Kier alpha value is -3.81. The molecule has 0 saturated carbocycles. The van der Waals surface area contributed by atoms with Crippen LogP contribution in [0.1, 0.15) is 16.8 Å². The molecular formula is C22H19FN6O. The van der Waals surface area contributed by atoms with Crippen molar-refractivity contribution < 1.29 is 9.18 Å². The summed E-state index contributed by atoms with van der Waals surface area (Å²) in [4.78, 5) is 23.4. The van der Waals surface area contributed by atoms with Crippen molar-refractivity contribution in [2.24, 2.45) is 0 Å². The van der Waals surface area contributed by atoms with Gasteiger partial charge in [0.15, 0.2) is 5.65 Å². The molecule has 1 aliphatic rings. The van der Waals surface area contributed by atoms with Crippen LogP contribution in [0.2, 0.25) is 0 Å². The van der Waals surface area contributed by atoms with E-state index in [1.54, 1.807) is 12.3 Å². The van der Waals surface area contributed by atoms with E-state index in [-0.39, 0.29) is 17.5 Å². The summed E-state index contributed by atoms with van der Waals surface area (Å²) in [6, 6.07) is 14.4. The predicted octanol–water partition coefficient (Wildman–Crippen LogP) is 3.17. The molecule has 2 N–H and O–H groups in total. The van der Waals surface area contributed by atoms with Gasteiger partial charge >= 0.3 is 0 Å². The Labute approximate surface area is 172 Å². The largest absolute Gasteiger partial charge is 0.369 e. The van der Waals surface area contributed by atoms with E-state index >= 15 is 0 Å². The van der Waals surface area contributed by atoms with Gasteiger partial charge in [-0.2, -0.15) is 5.10 Å². The quantitative estimate of drug-likeness (QED) is 0.548. The normalized spacial score (nSPS) is 16.2. The molecule has 5 rings (SSSR count). The molecule has 1 unspecified atom stereocenters. The molecule has 0 bridgehead atoms. The molecule has 0 aliphatic carbocycles. The van der Waals surface area contributed by atoms with Crippen molar-refractivity contribution >= 4 is 22.6 Å². The average Bonchev–Trinajstić information content (AvgIpc) is 3.43. The molecule has 7 nitrogen and oxygen atoms in total. The number of hydrogen-bond acceptors (Lipinski definition) is 5. The lowest BCUT2D eigenvalue weighted by Crippen LogP contribution is -2.37. The molecule has 30 heavy (non-hydrogen) atoms. The molecule has 3 heterocycles. The molecule has 1 aliphatic heterocycles. The molecular weight excluding hydrogens is 383 g/mol. The molecule has 1 fully saturated rings. The first-order valence-corrected chi connectivity index (χ1v) is 9.73. The second kappa shape index (κ2) is 7.55. The van der Waals surface area contributed by atoms with E-state index in [2.05, 4.69) is 42.5 Å². The summed E-state index contributed by atoms with van der Waals surface area (Å²) < 4.78 is 14.3. The number of nitrogens with zero attached hydrogens (tertiary/aromatic N) is 4. The summed E-state index contributed by atoms with van der Waals surface area (Å²) in [5.74, 6) is -0.793. The third-order valence-electron chi connectivity index (χ3n) is 5.33. The summed E-state index contributed by atoms with van der Waals surface area (Å²) in [6.07, 6.45) is 3.81. The smallest absolute Gasteiger partial charge is 0.251 e. The van der Waals surface area contributed by atoms with Gasteiger partial charge < -0.3 is 10.2 Å². The summed E-state index contributed by atoms with van der Waals surface area (Å²) >= 11 is 0. The van der Waals surface area contributed by atoms with E-state index in [1.165, 1.54) is 18.5 Å². The zero-order chi connectivity index (χ0) is 20.5. The van der Waals surface area contributed by atoms with Crippen molar-refractivity contribution in [2.45, 2.75) is 12.5 Å². The number of hydrogen-bond donors (Lipinski definition) is 2. The van der Waals surface area contributed by atoms with E-state index in [0.717, 1.165) is 25.2 Å². The van der Waals surface area contributed by atoms with E-state index in [0.29, 0.717) is 22.3 Å². The Morgan fingerprint density at radius 1 is 1.17 bits per heavy atom. The van der Waals surface area contributed by atoms with Crippen molar-refractivity contribution in [1.29, 1.82) is 0 Å². The SMILES string of the molecule is O=C(NC1CCN(c2ccccc2)C1)c1cc(F)cc(-c2ncnc3[nH]ncc23)c1. The Morgan fingerprint density at radius 3 is 2.90 bits per heavy atom. The number of amides is 1. The number of H-pyrrole nitrogens is 1. The Kier molecular flexibility index (Phi) is 4.59. The lowest BCUT2D eigenvalue weighted by molar-refractivity contribution is 0.0940. The van der Waals surface area contributed by atoms with E-state index in [9.17, 15) is 9.18 Å². The van der Waals surface area contributed by atoms with Crippen LogP contribution in [0, 0.1) is 5.82 Å². The van der Waals surface area contributed by atoms with Crippen LogP contribution in [-0.4, -0.2) is 45.2 Å². The van der Waals surface area contributed by atoms with Gasteiger partial charge in [0, 0.05) is 35.9 Å². The van der Waals surface area contributed by atoms with Crippen molar-refractivity contribution in [2.75, 3.05) is 18.0 Å². The minimum Gasteiger partial charge on any atom is -0.369 e. The lowest BCUT2D eigenvalue weighted by atomic mass is 10.0. The second-order valence-corrected chi connectivity index (χ2v) is 7.32. The van der Waals surface area contributed by atoms with Crippen LogP contribution in [0.25, 0.3) is 22.3 Å². The van der Waals surface area contributed by atoms with E-state index in [1.807, 2.05) is 18.2 Å². The fourth-order valence-electron chi connectivity index (χ4n) is 3.87. The van der Waals surface area contributed by atoms with Crippen molar-refractivity contribution in [1.82, 2.24) is 25.5 Å². The average molecular weight is 402 g/mol. The highest BCUT2D eigenvalue weighted by atomic mass is 19.1. The monoisotopic (exact) mass is 402 g/mol. The molecule has 1 atom stereocenters. The molecule has 1 amide bonds. The van der Waals surface area contributed by atoms with Gasteiger partial charge in [0.1, 0.15) is 12.1 Å². The second-order valence-electron chi connectivity index (χ2n) is 7.32. The maximum absolute atomic E-state index is 14.3. The topological polar surface area (TPSA) is 86.8 Å². The minimum absolute atomic E-state index is 0.00375. The first-order chi connectivity index (χ1) is 14.7. The number of rotatable bonds is 4. The Morgan fingerprint density at radius 2 is 2.03 bits per heavy atom. The molecule has 1 saturated heterocycles. The fourth-order valence-corrected chi connectivity index (χ4v) is 3.87. The van der Waals surface area contributed by atoms with Crippen LogP contribution in [0.5, 0.6) is 0 Å². The Bertz CT molecular complexity index is 1210. The number of anilines is 1. The fraction of sp³-hybridized carbons (Fsp3) is 0.182. The van der Waals surface area contributed by atoms with Crippen LogP contribution in [0.15, 0.2) is 61.1 Å². The maximum atomic E-state index is 14.3. The molecule has 0 spiro atoms. The van der Waals surface area contributed by atoms with Gasteiger partial charge in [0.05, 0.1) is 17.3 Å². The molecule has 4 aromatic rings. The first kappa shape index (κ1) is 18.2. The first-order valence-electron chi connectivity index (χ1n) is 9.73. The maximum Gasteiger partial charge on any atom is 0.251 e. The number of aromatic amines is 1. The summed E-state index contributed by atoms with van der Waals surface area (Å²) in [7, 11) is 0. The summed E-state index contributed by atoms with van der Waals surface area (Å²) in [5.41, 5.74) is 2.99. The molecule has 2 aromatic carbocycles. The zero-order valence-corrected chi connectivity index (χ0v) is 16.0. The number of halogens is 1. The minimum atomic E-state index is -0.495. The van der Waals surface area contributed by atoms with Gasteiger partial charge in [-0.25, -0.2) is 14.4 Å². The highest BCUT2D eigenvalue weighted by Crippen LogP contribution is 2.26. The van der Waals surface area contributed by atoms with Gasteiger partial charge in [-0.1, -0.05) is 18.2 Å². The molecule has 150 valence electrons. The van der Waals surface area contributed by atoms with E-state index in [4.69, 9.17) is 0 Å². The van der Waals surface area contributed by atoms with Crippen LogP contribution in [-0.2, 0) is 0 Å². The Balaban J connectivity index is 1.36. The van der Waals surface area contributed by atoms with Gasteiger partial charge in [0.2, 0.25) is 0 Å². The zero-order valence-electron chi connectivity index (χ0n) is 16.0. The van der Waals surface area contributed by atoms with E-state index < -0.39 is 5.82 Å². The van der Waals surface area contributed by atoms with Gasteiger partial charge in [-0.05, 0) is 36.8 Å². The van der Waals surface area contributed by atoms with Crippen LogP contribution in [0.4, 0.5) is 10.1 Å². The number of nitrogens with one attached hydrogen (secondary N) is 2. The standard InChI is InChI=1S/C22H19FN6O/c23-16-9-14(20-19-11-26-28-21(19)25-13-24-20)8-15(10-16)22(30)27-17-6-7-29(12-17)18-4-2-1-3-5-18/h1-5,8-11,13,17H,6-7,12H2,(H,27,30)(H,24,25,26,28). The highest BCUT2D eigenvalue weighted by molar-refractivity contribution is 5.97. The van der Waals surface area contributed by atoms with Crippen LogP contribution < -0.4 is 10.2 Å². The van der Waals surface area contributed by atoms with Crippen molar-refractivity contribution in [3.63, 3.8) is 0 Å². The summed E-state index contributed by atoms with van der Waals surface area (Å²) in [5, 5.41) is 10.4. The highest BCUT2D eigenvalue weighted by Gasteiger charge is 2.25. The predicted molar refractivity (Wildman–Crippen MR) is 112 cm³/mol. The van der Waals surface area contributed by atoms with Crippen LogP contribution in [0.3, 0.4) is 0 Å². The number of fused-ring (bicyclic) bond motifs is 1. The third kappa shape index (κ3) is 3.47. The van der Waals surface area contributed by atoms with Crippen LogP contribution >= 0.6 is 0 Å². The lowest BCUT2D eigenvalue weighted by Gasteiger charge is -2.19. The third-order valence-corrected chi connectivity index (χ3v) is 5.33. The molecule has 8 heteroatoms. The molecule has 2 aromatic heterocycles. The molecule has 0 radical (unpaired) electrons. The van der Waals surface area contributed by atoms with Crippen molar-refractivity contribution in [3.05, 3.63) is 72.4 Å². The van der Waals surface area contributed by atoms with Gasteiger partial charge in [0.25, 0.3) is 5.91 Å².